The van der Waals surface area contributed by atoms with Crippen molar-refractivity contribution < 1.29 is 9.18 Å². The number of hydrogen-bond donors (Lipinski definition) is 0. The minimum atomic E-state index is -0.214. The molecule has 0 atom stereocenters. The standard InChI is InChI=1S/C10H8FIO/c11-9-4-7-3-8(13)2-1-6(7)5-10(9)12/h4-5H,1-3H2. The van der Waals surface area contributed by atoms with Crippen LogP contribution in [0, 0.1) is 9.39 Å². The van der Waals surface area contributed by atoms with Crippen molar-refractivity contribution in [2.45, 2.75) is 19.3 Å². The van der Waals surface area contributed by atoms with Gasteiger partial charge in [-0.15, -0.1) is 0 Å². The van der Waals surface area contributed by atoms with Crippen LogP contribution in [0.4, 0.5) is 4.39 Å². The van der Waals surface area contributed by atoms with Crippen LogP contribution in [-0.2, 0) is 17.6 Å². The third-order valence-corrected chi connectivity index (χ3v) is 3.13. The van der Waals surface area contributed by atoms with Crippen LogP contribution in [-0.4, -0.2) is 5.78 Å². The summed E-state index contributed by atoms with van der Waals surface area (Å²) >= 11 is 1.98. The van der Waals surface area contributed by atoms with Crippen molar-refractivity contribution in [2.24, 2.45) is 0 Å². The molecule has 0 radical (unpaired) electrons. The lowest BCUT2D eigenvalue weighted by Crippen LogP contribution is -2.13. The first kappa shape index (κ1) is 9.12. The fourth-order valence-electron chi connectivity index (χ4n) is 1.60. The Morgan fingerprint density at radius 1 is 1.23 bits per heavy atom. The minimum Gasteiger partial charge on any atom is -0.299 e. The lowest BCUT2D eigenvalue weighted by Gasteiger charge is -2.15. The predicted molar refractivity (Wildman–Crippen MR) is 56.1 cm³/mol. The van der Waals surface area contributed by atoms with Crippen LogP contribution in [0.1, 0.15) is 17.5 Å². The molecule has 0 saturated carbocycles. The van der Waals surface area contributed by atoms with Crippen molar-refractivity contribution in [1.82, 2.24) is 0 Å². The molecule has 1 aromatic rings. The molecule has 1 aliphatic carbocycles. The Labute approximate surface area is 89.5 Å². The first-order chi connectivity index (χ1) is 6.16. The average molecular weight is 290 g/mol. The van der Waals surface area contributed by atoms with Gasteiger partial charge in [-0.1, -0.05) is 0 Å². The summed E-state index contributed by atoms with van der Waals surface area (Å²) in [5.41, 5.74) is 2.00. The van der Waals surface area contributed by atoms with Crippen LogP contribution < -0.4 is 0 Å². The number of hydrogen-bond acceptors (Lipinski definition) is 1. The molecule has 0 heterocycles. The van der Waals surface area contributed by atoms with Gasteiger partial charge < -0.3 is 0 Å². The van der Waals surface area contributed by atoms with Crippen LogP contribution in [0.2, 0.25) is 0 Å². The van der Waals surface area contributed by atoms with E-state index in [1.807, 2.05) is 28.7 Å². The van der Waals surface area contributed by atoms with Gasteiger partial charge >= 0.3 is 0 Å². The maximum absolute atomic E-state index is 13.1. The number of rotatable bonds is 0. The van der Waals surface area contributed by atoms with Gasteiger partial charge in [0, 0.05) is 16.4 Å². The van der Waals surface area contributed by atoms with E-state index in [0.29, 0.717) is 16.4 Å². The number of aryl methyl sites for hydroxylation is 1. The summed E-state index contributed by atoms with van der Waals surface area (Å²) in [6.45, 7) is 0. The summed E-state index contributed by atoms with van der Waals surface area (Å²) in [6.07, 6.45) is 1.78. The molecule has 13 heavy (non-hydrogen) atoms. The summed E-state index contributed by atoms with van der Waals surface area (Å²) in [4.78, 5) is 11.1. The summed E-state index contributed by atoms with van der Waals surface area (Å²) in [7, 11) is 0. The number of halogens is 2. The van der Waals surface area contributed by atoms with Crippen LogP contribution >= 0.6 is 22.6 Å². The Balaban J connectivity index is 2.49. The van der Waals surface area contributed by atoms with Crippen molar-refractivity contribution in [3.63, 3.8) is 0 Å². The summed E-state index contributed by atoms with van der Waals surface area (Å²) in [6, 6.07) is 3.34. The van der Waals surface area contributed by atoms with E-state index in [4.69, 9.17) is 0 Å². The van der Waals surface area contributed by atoms with Crippen molar-refractivity contribution in [1.29, 1.82) is 0 Å². The molecule has 0 saturated heterocycles. The van der Waals surface area contributed by atoms with Crippen molar-refractivity contribution in [3.05, 3.63) is 32.6 Å². The van der Waals surface area contributed by atoms with E-state index >= 15 is 0 Å². The maximum Gasteiger partial charge on any atom is 0.137 e. The second kappa shape index (κ2) is 3.36. The summed E-state index contributed by atoms with van der Waals surface area (Å²) in [5, 5.41) is 0. The highest BCUT2D eigenvalue weighted by molar-refractivity contribution is 14.1. The zero-order valence-electron chi connectivity index (χ0n) is 6.94. The van der Waals surface area contributed by atoms with Gasteiger partial charge in [0.1, 0.15) is 11.6 Å². The third-order valence-electron chi connectivity index (χ3n) is 2.30. The Hall–Kier alpha value is -0.450. The Bertz CT molecular complexity index is 373. The first-order valence-corrected chi connectivity index (χ1v) is 5.23. The van der Waals surface area contributed by atoms with Crippen molar-refractivity contribution in [3.8, 4) is 0 Å². The van der Waals surface area contributed by atoms with Gasteiger partial charge in [-0.3, -0.25) is 4.79 Å². The topological polar surface area (TPSA) is 17.1 Å². The number of benzene rings is 1. The molecular formula is C10H8FIO. The molecule has 2 rings (SSSR count). The molecular weight excluding hydrogens is 282 g/mol. The monoisotopic (exact) mass is 290 g/mol. The van der Waals surface area contributed by atoms with Gasteiger partial charge in [0.2, 0.25) is 0 Å². The lowest BCUT2D eigenvalue weighted by atomic mass is 9.91. The van der Waals surface area contributed by atoms with Gasteiger partial charge in [0.05, 0.1) is 0 Å². The maximum atomic E-state index is 13.1. The molecule has 3 heteroatoms. The second-order valence-corrected chi connectivity index (χ2v) is 4.41. The zero-order valence-corrected chi connectivity index (χ0v) is 9.10. The predicted octanol–water partition coefficient (Wildman–Crippen LogP) is 2.49. The molecule has 1 aromatic carbocycles. The SMILES string of the molecule is O=C1CCc2cc(I)c(F)cc2C1. The molecule has 0 fully saturated rings. The lowest BCUT2D eigenvalue weighted by molar-refractivity contribution is -0.118. The first-order valence-electron chi connectivity index (χ1n) is 4.15. The smallest absolute Gasteiger partial charge is 0.137 e. The Morgan fingerprint density at radius 2 is 2.00 bits per heavy atom. The van der Waals surface area contributed by atoms with Crippen LogP contribution in [0.15, 0.2) is 12.1 Å². The van der Waals surface area contributed by atoms with E-state index in [0.717, 1.165) is 17.5 Å². The van der Waals surface area contributed by atoms with Crippen LogP contribution in [0.3, 0.4) is 0 Å². The normalized spacial score (nSPS) is 15.7. The Morgan fingerprint density at radius 3 is 2.77 bits per heavy atom. The zero-order chi connectivity index (χ0) is 9.42. The van der Waals surface area contributed by atoms with E-state index in [2.05, 4.69) is 0 Å². The number of Topliss-reactive ketones (excluding diaryl/α,β-unsaturated/α-hetero) is 1. The van der Waals surface area contributed by atoms with Gasteiger partial charge in [-0.2, -0.15) is 0 Å². The largest absolute Gasteiger partial charge is 0.299 e. The van der Waals surface area contributed by atoms with Gasteiger partial charge in [0.15, 0.2) is 0 Å². The van der Waals surface area contributed by atoms with Gasteiger partial charge in [-0.05, 0) is 52.3 Å². The van der Waals surface area contributed by atoms with E-state index in [1.54, 1.807) is 0 Å². The molecule has 0 N–H and O–H groups in total. The van der Waals surface area contributed by atoms with Crippen molar-refractivity contribution in [2.75, 3.05) is 0 Å². The van der Waals surface area contributed by atoms with Gasteiger partial charge in [0.25, 0.3) is 0 Å². The number of carbonyl (C=O) groups is 1. The number of fused-ring (bicyclic) bond motifs is 1. The average Bonchev–Trinajstić information content (AvgIpc) is 2.08. The quantitative estimate of drug-likeness (QED) is 0.671. The fraction of sp³-hybridized carbons (Fsp3) is 0.300. The molecule has 0 aliphatic heterocycles. The Kier molecular flexibility index (Phi) is 2.36. The molecule has 0 spiro atoms. The molecule has 68 valence electrons. The fourth-order valence-corrected chi connectivity index (χ4v) is 2.13. The molecule has 0 unspecified atom stereocenters. The van der Waals surface area contributed by atoms with E-state index in [9.17, 15) is 9.18 Å². The second-order valence-electron chi connectivity index (χ2n) is 3.25. The van der Waals surface area contributed by atoms with Gasteiger partial charge in [-0.25, -0.2) is 4.39 Å². The van der Waals surface area contributed by atoms with Crippen LogP contribution in [0.5, 0.6) is 0 Å². The number of carbonyl (C=O) groups excluding carboxylic acids is 1. The molecule has 0 bridgehead atoms. The van der Waals surface area contributed by atoms with E-state index < -0.39 is 0 Å². The molecule has 0 amide bonds. The minimum absolute atomic E-state index is 0.214. The highest BCUT2D eigenvalue weighted by Gasteiger charge is 2.17. The number of ketones is 1. The molecule has 0 aromatic heterocycles. The summed E-state index contributed by atoms with van der Waals surface area (Å²) < 4.78 is 13.8. The molecule has 1 nitrogen and oxygen atoms in total. The summed E-state index contributed by atoms with van der Waals surface area (Å²) in [5.74, 6) is 0.00200. The van der Waals surface area contributed by atoms with Crippen LogP contribution in [0.25, 0.3) is 0 Å². The van der Waals surface area contributed by atoms with Crippen molar-refractivity contribution >= 4 is 28.4 Å². The van der Waals surface area contributed by atoms with E-state index in [-0.39, 0.29) is 11.6 Å². The highest BCUT2D eigenvalue weighted by atomic mass is 127. The molecule has 1 aliphatic rings. The van der Waals surface area contributed by atoms with E-state index in [1.165, 1.54) is 6.07 Å². The third kappa shape index (κ3) is 1.75. The highest BCUT2D eigenvalue weighted by Crippen LogP contribution is 2.23.